The molecule has 2 aromatic carbocycles. The van der Waals surface area contributed by atoms with Crippen LogP contribution in [0.5, 0.6) is 0 Å². The zero-order chi connectivity index (χ0) is 13.5. The molecule has 5 nitrogen and oxygen atoms in total. The lowest BCUT2D eigenvalue weighted by Gasteiger charge is -2.23. The van der Waals surface area contributed by atoms with E-state index in [-0.39, 0.29) is 0 Å². The van der Waals surface area contributed by atoms with Crippen LogP contribution in [0.2, 0.25) is 0 Å². The molecule has 0 aromatic heterocycles. The first-order valence-electron chi connectivity index (χ1n) is 5.89. The molecular formula is C14H16N2O3. The second kappa shape index (κ2) is 6.98. The zero-order valence-corrected chi connectivity index (χ0v) is 10.2. The van der Waals surface area contributed by atoms with Gasteiger partial charge in [-0.25, -0.2) is 0 Å². The standard InChI is InChI=1S/C14H16N2O3/c17-15-13(11-7-3-1-4-8-11)19-14(16-18)12-9-5-2-6-10-12/h1-10,13-18H. The number of benzene rings is 2. The molecule has 5 heteroatoms. The average molecular weight is 260 g/mol. The van der Waals surface area contributed by atoms with Crippen LogP contribution in [0.3, 0.4) is 0 Å². The Labute approximate surface area is 111 Å². The van der Waals surface area contributed by atoms with Crippen LogP contribution in [0, 0.1) is 0 Å². The van der Waals surface area contributed by atoms with Crippen molar-refractivity contribution in [3.8, 4) is 0 Å². The second-order valence-electron chi connectivity index (χ2n) is 3.98. The monoisotopic (exact) mass is 260 g/mol. The molecule has 0 amide bonds. The van der Waals surface area contributed by atoms with Crippen LogP contribution in [0.1, 0.15) is 23.6 Å². The number of hydroxylamine groups is 2. The summed E-state index contributed by atoms with van der Waals surface area (Å²) in [4.78, 5) is 0. The van der Waals surface area contributed by atoms with Crippen molar-refractivity contribution in [2.24, 2.45) is 0 Å². The first-order chi connectivity index (χ1) is 9.35. The van der Waals surface area contributed by atoms with E-state index in [1.54, 1.807) is 0 Å². The van der Waals surface area contributed by atoms with Crippen molar-refractivity contribution in [1.29, 1.82) is 0 Å². The summed E-state index contributed by atoms with van der Waals surface area (Å²) in [5.41, 5.74) is 5.66. The highest BCUT2D eigenvalue weighted by Crippen LogP contribution is 2.22. The molecule has 0 spiro atoms. The van der Waals surface area contributed by atoms with E-state index in [1.807, 2.05) is 60.7 Å². The van der Waals surface area contributed by atoms with Gasteiger partial charge in [-0.2, -0.15) is 11.0 Å². The largest absolute Gasteiger partial charge is 0.333 e. The molecule has 100 valence electrons. The van der Waals surface area contributed by atoms with Gasteiger partial charge in [0, 0.05) is 0 Å². The van der Waals surface area contributed by atoms with Crippen molar-refractivity contribution in [2.75, 3.05) is 0 Å². The molecule has 2 aromatic rings. The number of hydrogen-bond donors (Lipinski definition) is 4. The Morgan fingerprint density at radius 3 is 1.37 bits per heavy atom. The second-order valence-corrected chi connectivity index (χ2v) is 3.98. The number of ether oxygens (including phenoxy) is 1. The van der Waals surface area contributed by atoms with E-state index in [4.69, 9.17) is 4.74 Å². The fourth-order valence-electron chi connectivity index (χ4n) is 1.76. The van der Waals surface area contributed by atoms with Crippen LogP contribution in [0.15, 0.2) is 60.7 Å². The van der Waals surface area contributed by atoms with E-state index >= 15 is 0 Å². The molecule has 2 rings (SSSR count). The minimum Gasteiger partial charge on any atom is -0.333 e. The Hall–Kier alpha value is -1.76. The summed E-state index contributed by atoms with van der Waals surface area (Å²) in [7, 11) is 0. The van der Waals surface area contributed by atoms with Crippen LogP contribution < -0.4 is 11.0 Å². The van der Waals surface area contributed by atoms with Crippen molar-refractivity contribution < 1.29 is 15.2 Å². The first-order valence-corrected chi connectivity index (χ1v) is 5.89. The average Bonchev–Trinajstić information content (AvgIpc) is 2.50. The number of rotatable bonds is 6. The molecule has 2 atom stereocenters. The summed E-state index contributed by atoms with van der Waals surface area (Å²) in [6, 6.07) is 18.4. The normalized spacial score (nSPS) is 14.0. The quantitative estimate of drug-likeness (QED) is 0.474. The molecule has 19 heavy (non-hydrogen) atoms. The van der Waals surface area contributed by atoms with Crippen LogP contribution in [0.25, 0.3) is 0 Å². The van der Waals surface area contributed by atoms with E-state index in [2.05, 4.69) is 11.0 Å². The zero-order valence-electron chi connectivity index (χ0n) is 10.2. The summed E-state index contributed by atoms with van der Waals surface area (Å²) >= 11 is 0. The molecule has 0 aliphatic heterocycles. The highest BCUT2D eigenvalue weighted by molar-refractivity contribution is 5.19. The van der Waals surface area contributed by atoms with Crippen molar-refractivity contribution >= 4 is 0 Å². The molecular weight excluding hydrogens is 244 g/mol. The van der Waals surface area contributed by atoms with E-state index in [0.29, 0.717) is 0 Å². The molecule has 0 saturated heterocycles. The smallest absolute Gasteiger partial charge is 0.158 e. The van der Waals surface area contributed by atoms with Crippen LogP contribution in [-0.4, -0.2) is 10.4 Å². The third kappa shape index (κ3) is 3.60. The van der Waals surface area contributed by atoms with Gasteiger partial charge in [0.25, 0.3) is 0 Å². The summed E-state index contributed by atoms with van der Waals surface area (Å²) in [5, 5.41) is 18.4. The molecule has 0 aliphatic rings. The van der Waals surface area contributed by atoms with Gasteiger partial charge in [-0.05, 0) is 11.1 Å². The number of nitrogens with one attached hydrogen (secondary N) is 2. The molecule has 2 unspecified atom stereocenters. The van der Waals surface area contributed by atoms with Crippen molar-refractivity contribution in [1.82, 2.24) is 11.0 Å². The molecule has 0 radical (unpaired) electrons. The first kappa shape index (κ1) is 13.7. The van der Waals surface area contributed by atoms with Crippen molar-refractivity contribution in [2.45, 2.75) is 12.5 Å². The lowest BCUT2D eigenvalue weighted by atomic mass is 10.2. The Balaban J connectivity index is 2.13. The summed E-state index contributed by atoms with van der Waals surface area (Å²) in [5.74, 6) is 0. The van der Waals surface area contributed by atoms with E-state index in [9.17, 15) is 10.4 Å². The highest BCUT2D eigenvalue weighted by atomic mass is 16.6. The molecule has 0 heterocycles. The van der Waals surface area contributed by atoms with Gasteiger partial charge in [0.2, 0.25) is 0 Å². The molecule has 0 fully saturated rings. The molecule has 0 aliphatic carbocycles. The summed E-state index contributed by atoms with van der Waals surface area (Å²) in [6.45, 7) is 0. The predicted octanol–water partition coefficient (Wildman–Crippen LogP) is 2.36. The SMILES string of the molecule is ONC(OC(NO)c1ccccc1)c1ccccc1. The van der Waals surface area contributed by atoms with Gasteiger partial charge in [0.05, 0.1) is 0 Å². The van der Waals surface area contributed by atoms with Crippen molar-refractivity contribution in [3.05, 3.63) is 71.8 Å². The third-order valence-corrected chi connectivity index (χ3v) is 2.71. The summed E-state index contributed by atoms with van der Waals surface area (Å²) < 4.78 is 5.60. The van der Waals surface area contributed by atoms with E-state index in [0.717, 1.165) is 11.1 Å². The maximum atomic E-state index is 9.19. The predicted molar refractivity (Wildman–Crippen MR) is 69.3 cm³/mol. The molecule has 0 bridgehead atoms. The van der Waals surface area contributed by atoms with Gasteiger partial charge in [-0.1, -0.05) is 60.7 Å². The Morgan fingerprint density at radius 1 is 0.684 bits per heavy atom. The van der Waals surface area contributed by atoms with E-state index in [1.165, 1.54) is 0 Å². The Bertz CT molecular complexity index is 433. The Morgan fingerprint density at radius 2 is 1.05 bits per heavy atom. The maximum Gasteiger partial charge on any atom is 0.158 e. The fourth-order valence-corrected chi connectivity index (χ4v) is 1.76. The topological polar surface area (TPSA) is 73.8 Å². The minimum absolute atomic E-state index is 0.744. The van der Waals surface area contributed by atoms with Gasteiger partial charge in [0.1, 0.15) is 0 Å². The number of hydrogen-bond acceptors (Lipinski definition) is 5. The van der Waals surface area contributed by atoms with Gasteiger partial charge in [0.15, 0.2) is 12.5 Å². The summed E-state index contributed by atoms with van der Waals surface area (Å²) in [6.07, 6.45) is -1.49. The Kier molecular flexibility index (Phi) is 5.02. The van der Waals surface area contributed by atoms with Crippen LogP contribution in [0.4, 0.5) is 0 Å². The van der Waals surface area contributed by atoms with Crippen LogP contribution >= 0.6 is 0 Å². The molecule has 0 saturated carbocycles. The minimum atomic E-state index is -0.744. The van der Waals surface area contributed by atoms with Crippen LogP contribution in [-0.2, 0) is 4.74 Å². The third-order valence-electron chi connectivity index (χ3n) is 2.71. The van der Waals surface area contributed by atoms with E-state index < -0.39 is 12.5 Å². The lowest BCUT2D eigenvalue weighted by Crippen LogP contribution is -2.28. The van der Waals surface area contributed by atoms with Gasteiger partial charge in [-0.15, -0.1) is 0 Å². The van der Waals surface area contributed by atoms with Gasteiger partial charge < -0.3 is 15.2 Å². The van der Waals surface area contributed by atoms with Gasteiger partial charge >= 0.3 is 0 Å². The van der Waals surface area contributed by atoms with Gasteiger partial charge in [-0.3, -0.25) is 0 Å². The fraction of sp³-hybridized carbons (Fsp3) is 0.143. The lowest BCUT2D eigenvalue weighted by molar-refractivity contribution is -0.140. The maximum absolute atomic E-state index is 9.19. The molecule has 4 N–H and O–H groups in total. The van der Waals surface area contributed by atoms with Crippen molar-refractivity contribution in [3.63, 3.8) is 0 Å². The highest BCUT2D eigenvalue weighted by Gasteiger charge is 2.18.